The van der Waals surface area contributed by atoms with Gasteiger partial charge in [-0.3, -0.25) is 5.32 Å². The van der Waals surface area contributed by atoms with E-state index in [1.54, 1.807) is 18.0 Å². The van der Waals surface area contributed by atoms with E-state index in [1.807, 2.05) is 32.9 Å². The molecule has 0 aliphatic rings. The van der Waals surface area contributed by atoms with E-state index in [0.717, 1.165) is 10.6 Å². The lowest BCUT2D eigenvalue weighted by Crippen LogP contribution is -2.27. The van der Waals surface area contributed by atoms with Gasteiger partial charge in [-0.2, -0.15) is 0 Å². The molecule has 0 fully saturated rings. The van der Waals surface area contributed by atoms with Gasteiger partial charge in [0.1, 0.15) is 11.4 Å². The summed E-state index contributed by atoms with van der Waals surface area (Å²) < 4.78 is 5.18. The molecule has 1 rings (SSSR count). The highest BCUT2D eigenvalue weighted by molar-refractivity contribution is 7.99. The molecule has 0 unspecified atom stereocenters. The maximum absolute atomic E-state index is 11.6. The molecule has 0 atom stereocenters. The van der Waals surface area contributed by atoms with Crippen molar-refractivity contribution in [1.29, 1.82) is 0 Å². The van der Waals surface area contributed by atoms with Crippen LogP contribution >= 0.6 is 11.8 Å². The van der Waals surface area contributed by atoms with Crippen LogP contribution in [0.15, 0.2) is 23.2 Å². The van der Waals surface area contributed by atoms with E-state index in [4.69, 9.17) is 4.74 Å². The van der Waals surface area contributed by atoms with Gasteiger partial charge in [0.05, 0.1) is 4.90 Å². The summed E-state index contributed by atoms with van der Waals surface area (Å²) in [6.45, 7) is 7.53. The third-order valence-electron chi connectivity index (χ3n) is 1.69. The summed E-state index contributed by atoms with van der Waals surface area (Å²) in [6, 6.07) is 3.77. The van der Waals surface area contributed by atoms with Crippen molar-refractivity contribution >= 4 is 23.7 Å². The number of pyridine rings is 1. The van der Waals surface area contributed by atoms with Crippen LogP contribution in [0.25, 0.3) is 0 Å². The average Bonchev–Trinajstić information content (AvgIpc) is 2.18. The van der Waals surface area contributed by atoms with E-state index < -0.39 is 11.7 Å². The van der Waals surface area contributed by atoms with Gasteiger partial charge in [-0.05, 0) is 38.7 Å². The molecule has 1 heterocycles. The van der Waals surface area contributed by atoms with Crippen LogP contribution in [0.5, 0.6) is 0 Å². The zero-order chi connectivity index (χ0) is 12.9. The first kappa shape index (κ1) is 13.8. The first-order valence-electron chi connectivity index (χ1n) is 5.50. The van der Waals surface area contributed by atoms with Gasteiger partial charge in [0.15, 0.2) is 0 Å². The number of carbonyl (C=O) groups excluding carboxylic acids is 1. The second-order valence-corrected chi connectivity index (χ2v) is 5.72. The zero-order valence-electron chi connectivity index (χ0n) is 10.6. The molecule has 0 saturated carbocycles. The van der Waals surface area contributed by atoms with Gasteiger partial charge >= 0.3 is 6.09 Å². The van der Waals surface area contributed by atoms with Crippen LogP contribution in [0.4, 0.5) is 10.6 Å². The summed E-state index contributed by atoms with van der Waals surface area (Å²) in [4.78, 5) is 16.7. The van der Waals surface area contributed by atoms with Crippen molar-refractivity contribution in [2.45, 2.75) is 38.2 Å². The number of carbonyl (C=O) groups is 1. The van der Waals surface area contributed by atoms with Crippen molar-refractivity contribution < 1.29 is 9.53 Å². The van der Waals surface area contributed by atoms with Crippen molar-refractivity contribution in [3.05, 3.63) is 18.3 Å². The third kappa shape index (κ3) is 5.08. The highest BCUT2D eigenvalue weighted by Crippen LogP contribution is 2.24. The number of thioether (sulfide) groups is 1. The van der Waals surface area contributed by atoms with E-state index in [1.165, 1.54) is 0 Å². The smallest absolute Gasteiger partial charge is 0.413 e. The van der Waals surface area contributed by atoms with E-state index in [0.29, 0.717) is 5.82 Å². The van der Waals surface area contributed by atoms with Gasteiger partial charge in [0.2, 0.25) is 0 Å². The van der Waals surface area contributed by atoms with Crippen LogP contribution in [0, 0.1) is 0 Å². The fourth-order valence-corrected chi connectivity index (χ4v) is 1.88. The lowest BCUT2D eigenvalue weighted by Gasteiger charge is -2.19. The lowest BCUT2D eigenvalue weighted by atomic mass is 10.2. The van der Waals surface area contributed by atoms with Gasteiger partial charge in [-0.25, -0.2) is 9.78 Å². The lowest BCUT2D eigenvalue weighted by molar-refractivity contribution is 0.0635. The van der Waals surface area contributed by atoms with Crippen LogP contribution < -0.4 is 5.32 Å². The van der Waals surface area contributed by atoms with Gasteiger partial charge in [-0.15, -0.1) is 11.8 Å². The quantitative estimate of drug-likeness (QED) is 0.838. The number of nitrogens with one attached hydrogen (secondary N) is 1. The van der Waals surface area contributed by atoms with Crippen LogP contribution in [0.2, 0.25) is 0 Å². The standard InChI is InChI=1S/C12H18N2O2S/c1-5-17-9-7-6-8-13-10(9)14-11(15)16-12(2,3)4/h6-8H,5H2,1-4H3,(H,13,14,15). The van der Waals surface area contributed by atoms with E-state index in [9.17, 15) is 4.79 Å². The topological polar surface area (TPSA) is 51.2 Å². The summed E-state index contributed by atoms with van der Waals surface area (Å²) in [5.41, 5.74) is -0.503. The molecule has 1 aromatic heterocycles. The van der Waals surface area contributed by atoms with Gasteiger partial charge in [0, 0.05) is 6.20 Å². The number of anilines is 1. The molecule has 1 aromatic rings. The minimum Gasteiger partial charge on any atom is -0.444 e. The number of hydrogen-bond acceptors (Lipinski definition) is 4. The second-order valence-electron chi connectivity index (χ2n) is 4.41. The molecule has 94 valence electrons. The van der Waals surface area contributed by atoms with E-state index >= 15 is 0 Å². The van der Waals surface area contributed by atoms with Gasteiger partial charge in [-0.1, -0.05) is 6.92 Å². The Morgan fingerprint density at radius 3 is 2.82 bits per heavy atom. The highest BCUT2D eigenvalue weighted by Gasteiger charge is 2.17. The highest BCUT2D eigenvalue weighted by atomic mass is 32.2. The molecule has 0 aromatic carbocycles. The third-order valence-corrected chi connectivity index (χ3v) is 2.62. The fraction of sp³-hybridized carbons (Fsp3) is 0.500. The summed E-state index contributed by atoms with van der Waals surface area (Å²) in [5.74, 6) is 1.47. The molecule has 0 aliphatic heterocycles. The first-order valence-corrected chi connectivity index (χ1v) is 6.49. The number of aromatic nitrogens is 1. The van der Waals surface area contributed by atoms with Crippen LogP contribution in [0.3, 0.4) is 0 Å². The van der Waals surface area contributed by atoms with E-state index in [2.05, 4.69) is 17.2 Å². The molecule has 0 radical (unpaired) electrons. The van der Waals surface area contributed by atoms with Crippen LogP contribution in [-0.4, -0.2) is 22.4 Å². The summed E-state index contributed by atoms with van der Waals surface area (Å²) in [6.07, 6.45) is 1.17. The van der Waals surface area contributed by atoms with Gasteiger partial charge in [0.25, 0.3) is 0 Å². The Balaban J connectivity index is 2.71. The summed E-state index contributed by atoms with van der Waals surface area (Å²) in [7, 11) is 0. The Bertz CT molecular complexity index is 388. The maximum atomic E-state index is 11.6. The number of rotatable bonds is 3. The van der Waals surface area contributed by atoms with Crippen molar-refractivity contribution in [1.82, 2.24) is 4.98 Å². The number of amides is 1. The largest absolute Gasteiger partial charge is 0.444 e. The molecule has 0 aliphatic carbocycles. The predicted octanol–water partition coefficient (Wildman–Crippen LogP) is 3.54. The molecule has 0 saturated heterocycles. The Kier molecular flexibility index (Phi) is 4.81. The fourth-order valence-electron chi connectivity index (χ4n) is 1.16. The molecule has 4 nitrogen and oxygen atoms in total. The summed E-state index contributed by atoms with van der Waals surface area (Å²) >= 11 is 1.63. The Hall–Kier alpha value is -1.23. The number of hydrogen-bond donors (Lipinski definition) is 1. The Morgan fingerprint density at radius 2 is 2.24 bits per heavy atom. The molecule has 1 N–H and O–H groups in total. The van der Waals surface area contributed by atoms with Crippen molar-refractivity contribution in [2.24, 2.45) is 0 Å². The summed E-state index contributed by atoms with van der Waals surface area (Å²) in [5, 5.41) is 2.66. The molecular formula is C12H18N2O2S. The molecule has 17 heavy (non-hydrogen) atoms. The van der Waals surface area contributed by atoms with Crippen LogP contribution in [0.1, 0.15) is 27.7 Å². The average molecular weight is 254 g/mol. The second kappa shape index (κ2) is 5.91. The number of nitrogens with zero attached hydrogens (tertiary/aromatic N) is 1. The number of ether oxygens (including phenoxy) is 1. The molecule has 0 bridgehead atoms. The monoisotopic (exact) mass is 254 g/mol. The molecule has 1 amide bonds. The molecular weight excluding hydrogens is 236 g/mol. The Labute approximate surface area is 106 Å². The Morgan fingerprint density at radius 1 is 1.53 bits per heavy atom. The minimum atomic E-state index is -0.503. The van der Waals surface area contributed by atoms with Crippen molar-refractivity contribution in [3.63, 3.8) is 0 Å². The molecule has 0 spiro atoms. The minimum absolute atomic E-state index is 0.478. The maximum Gasteiger partial charge on any atom is 0.413 e. The zero-order valence-corrected chi connectivity index (χ0v) is 11.4. The van der Waals surface area contributed by atoms with Gasteiger partial charge < -0.3 is 4.74 Å². The van der Waals surface area contributed by atoms with E-state index in [-0.39, 0.29) is 0 Å². The first-order chi connectivity index (χ1) is 7.92. The SMILES string of the molecule is CCSc1cccnc1NC(=O)OC(C)(C)C. The molecule has 5 heteroatoms. The van der Waals surface area contributed by atoms with Crippen LogP contribution in [-0.2, 0) is 4.74 Å². The normalized spacial score (nSPS) is 11.1. The van der Waals surface area contributed by atoms with Crippen molar-refractivity contribution in [3.8, 4) is 0 Å². The van der Waals surface area contributed by atoms with Crippen molar-refractivity contribution in [2.75, 3.05) is 11.1 Å². The predicted molar refractivity (Wildman–Crippen MR) is 70.5 cm³/mol.